The third kappa shape index (κ3) is 4.40. The molecule has 0 aromatic heterocycles. The molecule has 2 nitrogen and oxygen atoms in total. The quantitative estimate of drug-likeness (QED) is 0.716. The summed E-state index contributed by atoms with van der Waals surface area (Å²) < 4.78 is 17.7. The highest BCUT2D eigenvalue weighted by atomic mass is 19.1. The van der Waals surface area contributed by atoms with Crippen LogP contribution in [0.2, 0.25) is 0 Å². The minimum Gasteiger partial charge on any atom is -0.383 e. The summed E-state index contributed by atoms with van der Waals surface area (Å²) in [4.78, 5) is 2.26. The molecule has 1 aromatic rings. The molecule has 1 aromatic carbocycles. The molecule has 3 heteroatoms. The SMILES string of the molecule is CCN(CCOC)Cc1ccc(F)cc1. The highest BCUT2D eigenvalue weighted by Crippen LogP contribution is 2.06. The van der Waals surface area contributed by atoms with E-state index >= 15 is 0 Å². The Labute approximate surface area is 90.7 Å². The number of rotatable bonds is 6. The largest absolute Gasteiger partial charge is 0.383 e. The summed E-state index contributed by atoms with van der Waals surface area (Å²) in [5.41, 5.74) is 1.13. The van der Waals surface area contributed by atoms with Crippen LogP contribution in [0, 0.1) is 5.82 Å². The Morgan fingerprint density at radius 2 is 1.93 bits per heavy atom. The highest BCUT2D eigenvalue weighted by Gasteiger charge is 2.03. The lowest BCUT2D eigenvalue weighted by Gasteiger charge is -2.19. The summed E-state index contributed by atoms with van der Waals surface area (Å²) in [6.45, 7) is 5.57. The molecule has 0 aliphatic rings. The zero-order valence-electron chi connectivity index (χ0n) is 9.37. The van der Waals surface area contributed by atoms with Crippen LogP contribution in [0.15, 0.2) is 24.3 Å². The summed E-state index contributed by atoms with van der Waals surface area (Å²) in [6, 6.07) is 6.65. The van der Waals surface area contributed by atoms with Gasteiger partial charge in [0.2, 0.25) is 0 Å². The predicted octanol–water partition coefficient (Wildman–Crippen LogP) is 2.29. The molecule has 84 valence electrons. The standard InChI is InChI=1S/C12H18FNO/c1-3-14(8-9-15-2)10-11-4-6-12(13)7-5-11/h4-7H,3,8-10H2,1-2H3. The van der Waals surface area contributed by atoms with E-state index in [9.17, 15) is 4.39 Å². The minimum atomic E-state index is -0.182. The van der Waals surface area contributed by atoms with Gasteiger partial charge in [0.05, 0.1) is 6.61 Å². The second-order valence-electron chi connectivity index (χ2n) is 3.49. The van der Waals surface area contributed by atoms with Gasteiger partial charge in [0.1, 0.15) is 5.82 Å². The Bertz CT molecular complexity index is 273. The molecule has 0 saturated heterocycles. The zero-order chi connectivity index (χ0) is 11.1. The average Bonchev–Trinajstić information content (AvgIpc) is 2.27. The monoisotopic (exact) mass is 211 g/mol. The fourth-order valence-electron chi connectivity index (χ4n) is 1.42. The number of nitrogens with zero attached hydrogens (tertiary/aromatic N) is 1. The number of ether oxygens (including phenoxy) is 1. The Hall–Kier alpha value is -0.930. The number of halogens is 1. The lowest BCUT2D eigenvalue weighted by Crippen LogP contribution is -2.26. The first-order valence-corrected chi connectivity index (χ1v) is 5.22. The molecular formula is C12H18FNO. The maximum atomic E-state index is 12.7. The van der Waals surface area contributed by atoms with Crippen LogP contribution in [0.3, 0.4) is 0 Å². The molecule has 15 heavy (non-hydrogen) atoms. The van der Waals surface area contributed by atoms with Gasteiger partial charge < -0.3 is 4.74 Å². The van der Waals surface area contributed by atoms with Gasteiger partial charge in [-0.15, -0.1) is 0 Å². The van der Waals surface area contributed by atoms with Crippen LogP contribution in [-0.2, 0) is 11.3 Å². The van der Waals surface area contributed by atoms with Gasteiger partial charge in [0.25, 0.3) is 0 Å². The van der Waals surface area contributed by atoms with Gasteiger partial charge >= 0.3 is 0 Å². The zero-order valence-corrected chi connectivity index (χ0v) is 9.37. The minimum absolute atomic E-state index is 0.182. The van der Waals surface area contributed by atoms with E-state index in [0.29, 0.717) is 0 Å². The molecule has 0 unspecified atom stereocenters. The van der Waals surface area contributed by atoms with Gasteiger partial charge in [-0.3, -0.25) is 4.90 Å². The van der Waals surface area contributed by atoms with E-state index in [1.54, 1.807) is 7.11 Å². The normalized spacial score (nSPS) is 10.9. The van der Waals surface area contributed by atoms with Crippen LogP contribution in [0.1, 0.15) is 12.5 Å². The van der Waals surface area contributed by atoms with E-state index in [0.717, 1.165) is 31.8 Å². The summed E-state index contributed by atoms with van der Waals surface area (Å²) >= 11 is 0. The first kappa shape index (κ1) is 12.1. The van der Waals surface area contributed by atoms with Crippen LogP contribution in [0.4, 0.5) is 4.39 Å². The number of likely N-dealkylation sites (N-methyl/N-ethyl adjacent to an activating group) is 1. The molecule has 0 bridgehead atoms. The van der Waals surface area contributed by atoms with Crippen LogP contribution >= 0.6 is 0 Å². The molecule has 0 amide bonds. The molecule has 0 spiro atoms. The molecule has 0 atom stereocenters. The van der Waals surface area contributed by atoms with Crippen molar-refractivity contribution in [1.29, 1.82) is 0 Å². The Morgan fingerprint density at radius 1 is 1.27 bits per heavy atom. The van der Waals surface area contributed by atoms with E-state index in [1.807, 2.05) is 12.1 Å². The van der Waals surface area contributed by atoms with Crippen molar-refractivity contribution in [1.82, 2.24) is 4.90 Å². The van der Waals surface area contributed by atoms with E-state index in [2.05, 4.69) is 11.8 Å². The van der Waals surface area contributed by atoms with Gasteiger partial charge in [-0.2, -0.15) is 0 Å². The number of hydrogen-bond donors (Lipinski definition) is 0. The van der Waals surface area contributed by atoms with Gasteiger partial charge in [0, 0.05) is 20.2 Å². The fraction of sp³-hybridized carbons (Fsp3) is 0.500. The Balaban J connectivity index is 2.47. The molecule has 1 rings (SSSR count). The molecule has 0 radical (unpaired) electrons. The third-order valence-corrected chi connectivity index (χ3v) is 2.38. The van der Waals surface area contributed by atoms with Gasteiger partial charge in [-0.1, -0.05) is 19.1 Å². The fourth-order valence-corrected chi connectivity index (χ4v) is 1.42. The first-order valence-electron chi connectivity index (χ1n) is 5.22. The van der Waals surface area contributed by atoms with E-state index in [-0.39, 0.29) is 5.82 Å². The van der Waals surface area contributed by atoms with Crippen molar-refractivity contribution in [2.75, 3.05) is 26.8 Å². The molecule has 0 aliphatic carbocycles. The Morgan fingerprint density at radius 3 is 2.47 bits per heavy atom. The number of benzene rings is 1. The maximum absolute atomic E-state index is 12.7. The van der Waals surface area contributed by atoms with Crippen LogP contribution in [0.25, 0.3) is 0 Å². The van der Waals surface area contributed by atoms with Crippen molar-refractivity contribution in [3.63, 3.8) is 0 Å². The predicted molar refractivity (Wildman–Crippen MR) is 59.2 cm³/mol. The smallest absolute Gasteiger partial charge is 0.123 e. The summed E-state index contributed by atoms with van der Waals surface area (Å²) in [5, 5.41) is 0. The van der Waals surface area contributed by atoms with Gasteiger partial charge in [-0.25, -0.2) is 4.39 Å². The van der Waals surface area contributed by atoms with Crippen molar-refractivity contribution in [3.05, 3.63) is 35.6 Å². The highest BCUT2D eigenvalue weighted by molar-refractivity contribution is 5.15. The van der Waals surface area contributed by atoms with Crippen molar-refractivity contribution in [3.8, 4) is 0 Å². The molecule has 0 aliphatic heterocycles. The average molecular weight is 211 g/mol. The van der Waals surface area contributed by atoms with Crippen LogP contribution in [0.5, 0.6) is 0 Å². The lowest BCUT2D eigenvalue weighted by molar-refractivity contribution is 0.147. The maximum Gasteiger partial charge on any atom is 0.123 e. The third-order valence-electron chi connectivity index (χ3n) is 2.38. The lowest BCUT2D eigenvalue weighted by atomic mass is 10.2. The molecule has 0 N–H and O–H groups in total. The van der Waals surface area contributed by atoms with Crippen molar-refractivity contribution >= 4 is 0 Å². The number of methoxy groups -OCH3 is 1. The molecule has 0 heterocycles. The summed E-state index contributed by atoms with van der Waals surface area (Å²) in [6.07, 6.45) is 0. The van der Waals surface area contributed by atoms with E-state index in [1.165, 1.54) is 12.1 Å². The second kappa shape index (κ2) is 6.53. The van der Waals surface area contributed by atoms with Gasteiger partial charge in [-0.05, 0) is 24.2 Å². The first-order chi connectivity index (χ1) is 7.26. The molecular weight excluding hydrogens is 193 g/mol. The van der Waals surface area contributed by atoms with E-state index < -0.39 is 0 Å². The summed E-state index contributed by atoms with van der Waals surface area (Å²) in [7, 11) is 1.70. The molecule has 0 fully saturated rings. The van der Waals surface area contributed by atoms with Crippen molar-refractivity contribution in [2.45, 2.75) is 13.5 Å². The van der Waals surface area contributed by atoms with Crippen LogP contribution < -0.4 is 0 Å². The number of hydrogen-bond acceptors (Lipinski definition) is 2. The topological polar surface area (TPSA) is 12.5 Å². The van der Waals surface area contributed by atoms with E-state index in [4.69, 9.17) is 4.74 Å². The van der Waals surface area contributed by atoms with Crippen molar-refractivity contribution in [2.24, 2.45) is 0 Å². The van der Waals surface area contributed by atoms with Gasteiger partial charge in [0.15, 0.2) is 0 Å². The molecule has 0 saturated carbocycles. The second-order valence-corrected chi connectivity index (χ2v) is 3.49. The summed E-state index contributed by atoms with van der Waals surface area (Å²) in [5.74, 6) is -0.182. The van der Waals surface area contributed by atoms with Crippen molar-refractivity contribution < 1.29 is 9.13 Å². The Kier molecular flexibility index (Phi) is 5.29. The van der Waals surface area contributed by atoms with Crippen LogP contribution in [-0.4, -0.2) is 31.7 Å².